The van der Waals surface area contributed by atoms with Crippen LogP contribution in [-0.4, -0.2) is 51.2 Å². The first-order valence-electron chi connectivity index (χ1n) is 7.85. The Balaban J connectivity index is 1.83. The lowest BCUT2D eigenvalue weighted by molar-refractivity contribution is -0.133. The second kappa shape index (κ2) is 7.32. The SMILES string of the molecule is N#Cc1cc(-c2ccnc(Cl)n2)ccc1OC1CCN(C(=O)O)CC1(F)F. The van der Waals surface area contributed by atoms with Crippen molar-refractivity contribution in [3.05, 3.63) is 41.3 Å². The predicted molar refractivity (Wildman–Crippen MR) is 90.8 cm³/mol. The summed E-state index contributed by atoms with van der Waals surface area (Å²) in [6.07, 6.45) is -1.66. The maximum absolute atomic E-state index is 14.2. The average molecular weight is 395 g/mol. The maximum Gasteiger partial charge on any atom is 0.407 e. The summed E-state index contributed by atoms with van der Waals surface area (Å²) in [6, 6.07) is 7.94. The number of nitrogens with zero attached hydrogens (tertiary/aromatic N) is 4. The maximum atomic E-state index is 14.2. The van der Waals surface area contributed by atoms with Crippen LogP contribution in [0.3, 0.4) is 0 Å². The van der Waals surface area contributed by atoms with Gasteiger partial charge < -0.3 is 14.7 Å². The number of nitriles is 1. The molecular weight excluding hydrogens is 382 g/mol. The number of alkyl halides is 2. The zero-order valence-electron chi connectivity index (χ0n) is 13.8. The Morgan fingerprint density at radius 2 is 2.22 bits per heavy atom. The number of rotatable bonds is 3. The molecule has 10 heteroatoms. The number of hydrogen-bond donors (Lipinski definition) is 1. The smallest absolute Gasteiger partial charge is 0.407 e. The van der Waals surface area contributed by atoms with Gasteiger partial charge >= 0.3 is 12.0 Å². The number of piperidine rings is 1. The van der Waals surface area contributed by atoms with E-state index in [9.17, 15) is 18.8 Å². The fraction of sp³-hybridized carbons (Fsp3) is 0.294. The molecule has 2 heterocycles. The molecule has 1 aromatic carbocycles. The van der Waals surface area contributed by atoms with Crippen molar-refractivity contribution in [2.24, 2.45) is 0 Å². The van der Waals surface area contributed by atoms with Gasteiger partial charge in [-0.1, -0.05) is 0 Å². The number of hydrogen-bond acceptors (Lipinski definition) is 5. The lowest BCUT2D eigenvalue weighted by atomic mass is 10.0. The predicted octanol–water partition coefficient (Wildman–Crippen LogP) is 3.44. The molecule has 7 nitrogen and oxygen atoms in total. The minimum atomic E-state index is -3.37. The van der Waals surface area contributed by atoms with Gasteiger partial charge in [-0.05, 0) is 35.9 Å². The number of carboxylic acid groups (broad SMARTS) is 1. The molecule has 0 saturated carbocycles. The largest absolute Gasteiger partial charge is 0.483 e. The van der Waals surface area contributed by atoms with Gasteiger partial charge in [0.1, 0.15) is 11.8 Å². The molecule has 140 valence electrons. The van der Waals surface area contributed by atoms with Crippen LogP contribution in [0.2, 0.25) is 5.28 Å². The third-order valence-corrected chi connectivity index (χ3v) is 4.28. The summed E-state index contributed by atoms with van der Waals surface area (Å²) in [5.41, 5.74) is 1.08. The molecule has 1 aliphatic heterocycles. The number of aromatic nitrogens is 2. The molecule has 1 unspecified atom stereocenters. The van der Waals surface area contributed by atoms with Crippen LogP contribution in [0.25, 0.3) is 11.3 Å². The van der Waals surface area contributed by atoms with Gasteiger partial charge in [-0.15, -0.1) is 0 Å². The van der Waals surface area contributed by atoms with Gasteiger partial charge in [0.2, 0.25) is 5.28 Å². The van der Waals surface area contributed by atoms with E-state index in [-0.39, 0.29) is 29.6 Å². The fourth-order valence-electron chi connectivity index (χ4n) is 2.76. The molecule has 0 radical (unpaired) electrons. The molecule has 2 aromatic rings. The number of benzene rings is 1. The standard InChI is InChI=1S/C17H13ClF2N4O3/c18-15-22-5-3-12(23-15)10-1-2-13(11(7-10)8-21)27-14-4-6-24(16(25)26)9-17(14,19)20/h1-3,5,7,14H,4,6,9H2,(H,25,26). The van der Waals surface area contributed by atoms with E-state index >= 15 is 0 Å². The van der Waals surface area contributed by atoms with E-state index < -0.39 is 24.7 Å². The first kappa shape index (κ1) is 18.8. The van der Waals surface area contributed by atoms with Crippen molar-refractivity contribution in [3.8, 4) is 23.1 Å². The quantitative estimate of drug-likeness (QED) is 0.800. The van der Waals surface area contributed by atoms with Crippen LogP contribution < -0.4 is 4.74 Å². The van der Waals surface area contributed by atoms with Crippen molar-refractivity contribution < 1.29 is 23.4 Å². The van der Waals surface area contributed by atoms with Crippen LogP contribution >= 0.6 is 11.6 Å². The number of likely N-dealkylation sites (tertiary alicyclic amines) is 1. The average Bonchev–Trinajstić information content (AvgIpc) is 2.63. The van der Waals surface area contributed by atoms with Crippen LogP contribution in [0.15, 0.2) is 30.5 Å². The summed E-state index contributed by atoms with van der Waals surface area (Å²) in [7, 11) is 0. The fourth-order valence-corrected chi connectivity index (χ4v) is 2.90. The van der Waals surface area contributed by atoms with E-state index in [2.05, 4.69) is 9.97 Å². The van der Waals surface area contributed by atoms with Crippen LogP contribution in [0.4, 0.5) is 13.6 Å². The van der Waals surface area contributed by atoms with Crippen LogP contribution in [0, 0.1) is 11.3 Å². The Labute approximate surface area is 157 Å². The molecule has 1 aromatic heterocycles. The lowest BCUT2D eigenvalue weighted by Gasteiger charge is -2.36. The highest BCUT2D eigenvalue weighted by molar-refractivity contribution is 6.28. The highest BCUT2D eigenvalue weighted by Crippen LogP contribution is 2.33. The summed E-state index contributed by atoms with van der Waals surface area (Å²) in [6.45, 7) is -1.03. The van der Waals surface area contributed by atoms with Crippen LogP contribution in [0.5, 0.6) is 5.75 Å². The lowest BCUT2D eigenvalue weighted by Crippen LogP contribution is -2.55. The second-order valence-electron chi connectivity index (χ2n) is 5.89. The van der Waals surface area contributed by atoms with Gasteiger partial charge in [-0.25, -0.2) is 23.5 Å². The zero-order valence-corrected chi connectivity index (χ0v) is 14.5. The minimum Gasteiger partial charge on any atom is -0.483 e. The van der Waals surface area contributed by atoms with E-state index in [0.29, 0.717) is 16.2 Å². The molecule has 3 rings (SSSR count). The van der Waals surface area contributed by atoms with Crippen molar-refractivity contribution in [2.45, 2.75) is 18.4 Å². The number of halogens is 3. The number of amides is 1. The first-order chi connectivity index (χ1) is 12.8. The normalized spacial score (nSPS) is 18.6. The number of ether oxygens (including phenoxy) is 1. The van der Waals surface area contributed by atoms with Crippen LogP contribution in [0.1, 0.15) is 12.0 Å². The molecule has 1 fully saturated rings. The van der Waals surface area contributed by atoms with Gasteiger partial charge in [0.25, 0.3) is 0 Å². The summed E-state index contributed by atoms with van der Waals surface area (Å²) in [5.74, 6) is -3.38. The third kappa shape index (κ3) is 4.06. The van der Waals surface area contributed by atoms with E-state index in [1.165, 1.54) is 18.3 Å². The monoisotopic (exact) mass is 394 g/mol. The van der Waals surface area contributed by atoms with Crippen LogP contribution in [-0.2, 0) is 0 Å². The third-order valence-electron chi connectivity index (χ3n) is 4.10. The van der Waals surface area contributed by atoms with Gasteiger partial charge in [0.15, 0.2) is 6.10 Å². The van der Waals surface area contributed by atoms with Crippen molar-refractivity contribution in [1.82, 2.24) is 14.9 Å². The molecule has 1 saturated heterocycles. The topological polar surface area (TPSA) is 99.3 Å². The Morgan fingerprint density at radius 1 is 1.44 bits per heavy atom. The summed E-state index contributed by atoms with van der Waals surface area (Å²) < 4.78 is 33.9. The van der Waals surface area contributed by atoms with Gasteiger partial charge in [0.05, 0.1) is 17.8 Å². The summed E-state index contributed by atoms with van der Waals surface area (Å²) in [5, 5.41) is 18.3. The van der Waals surface area contributed by atoms with E-state index in [0.717, 1.165) is 0 Å². The van der Waals surface area contributed by atoms with E-state index in [1.807, 2.05) is 6.07 Å². The van der Waals surface area contributed by atoms with Gasteiger partial charge in [0, 0.05) is 24.7 Å². The molecule has 0 aliphatic carbocycles. The molecule has 27 heavy (non-hydrogen) atoms. The number of carbonyl (C=O) groups is 1. The Hall–Kier alpha value is -2.99. The van der Waals surface area contributed by atoms with Crippen molar-refractivity contribution in [2.75, 3.05) is 13.1 Å². The molecule has 1 atom stereocenters. The molecule has 1 amide bonds. The van der Waals surface area contributed by atoms with E-state index in [4.69, 9.17) is 21.4 Å². The van der Waals surface area contributed by atoms with Crippen molar-refractivity contribution in [3.63, 3.8) is 0 Å². The summed E-state index contributed by atoms with van der Waals surface area (Å²) in [4.78, 5) is 19.3. The Morgan fingerprint density at radius 3 is 2.85 bits per heavy atom. The van der Waals surface area contributed by atoms with Crippen molar-refractivity contribution in [1.29, 1.82) is 5.26 Å². The zero-order chi connectivity index (χ0) is 19.6. The highest BCUT2D eigenvalue weighted by atomic mass is 35.5. The molecule has 1 N–H and O–H groups in total. The molecular formula is C17H13ClF2N4O3. The van der Waals surface area contributed by atoms with E-state index in [1.54, 1.807) is 12.1 Å². The van der Waals surface area contributed by atoms with Crippen molar-refractivity contribution >= 4 is 17.7 Å². The summed E-state index contributed by atoms with van der Waals surface area (Å²) >= 11 is 5.75. The molecule has 1 aliphatic rings. The molecule has 0 bridgehead atoms. The first-order valence-corrected chi connectivity index (χ1v) is 8.23. The second-order valence-corrected chi connectivity index (χ2v) is 6.23. The van der Waals surface area contributed by atoms with Gasteiger partial charge in [-0.2, -0.15) is 5.26 Å². The minimum absolute atomic E-state index is 0.00477. The Bertz CT molecular complexity index is 919. The Kier molecular flexibility index (Phi) is 5.10. The van der Waals surface area contributed by atoms with Gasteiger partial charge in [-0.3, -0.25) is 0 Å². The highest BCUT2D eigenvalue weighted by Gasteiger charge is 2.48. The molecule has 0 spiro atoms.